The van der Waals surface area contributed by atoms with Gasteiger partial charge >= 0.3 is 0 Å². The molecule has 0 bridgehead atoms. The summed E-state index contributed by atoms with van der Waals surface area (Å²) in [6.07, 6.45) is 0.333. The summed E-state index contributed by atoms with van der Waals surface area (Å²) in [6, 6.07) is 5.76. The Kier molecular flexibility index (Phi) is 5.00. The molecule has 8 heteroatoms. The molecule has 0 heterocycles. The summed E-state index contributed by atoms with van der Waals surface area (Å²) < 4.78 is 0. The van der Waals surface area contributed by atoms with Gasteiger partial charge in [-0.05, 0) is 24.4 Å². The van der Waals surface area contributed by atoms with Crippen LogP contribution in [0.4, 0.5) is 11.4 Å². The maximum Gasteiger partial charge on any atom is 0.269 e. The van der Waals surface area contributed by atoms with Crippen LogP contribution in [-0.2, 0) is 4.79 Å². The number of nitrogens with zero attached hydrogens (tertiary/aromatic N) is 1. The zero-order valence-electron chi connectivity index (χ0n) is 9.60. The standard InChI is InChI=1S/C10H12N4O3S/c1-2-9(15)11-10(18)13-12-7-3-5-8(6-4-7)14(16)17/h3-6,12H,2H2,1H3,(H2,11,13,15,18). The molecule has 0 fully saturated rings. The van der Waals surface area contributed by atoms with Crippen LogP contribution in [0.1, 0.15) is 13.3 Å². The van der Waals surface area contributed by atoms with Gasteiger partial charge in [-0.3, -0.25) is 25.8 Å². The number of carbonyl (C=O) groups is 1. The van der Waals surface area contributed by atoms with E-state index in [0.29, 0.717) is 12.1 Å². The fourth-order valence-electron chi connectivity index (χ4n) is 1.04. The molecule has 96 valence electrons. The lowest BCUT2D eigenvalue weighted by Crippen LogP contribution is -2.41. The van der Waals surface area contributed by atoms with Gasteiger partial charge in [0, 0.05) is 18.6 Å². The van der Waals surface area contributed by atoms with E-state index in [1.807, 2.05) is 0 Å². The first-order valence-electron chi connectivity index (χ1n) is 5.13. The topological polar surface area (TPSA) is 96.3 Å². The first kappa shape index (κ1) is 13.8. The molecule has 1 amide bonds. The lowest BCUT2D eigenvalue weighted by Gasteiger charge is -2.10. The second kappa shape index (κ2) is 6.50. The molecular formula is C10H12N4O3S. The van der Waals surface area contributed by atoms with Crippen molar-refractivity contribution in [1.82, 2.24) is 10.7 Å². The van der Waals surface area contributed by atoms with Crippen LogP contribution in [0.2, 0.25) is 0 Å². The molecule has 0 aliphatic heterocycles. The van der Waals surface area contributed by atoms with E-state index in [-0.39, 0.29) is 16.7 Å². The summed E-state index contributed by atoms with van der Waals surface area (Å²) in [5, 5.41) is 13.0. The molecule has 3 N–H and O–H groups in total. The van der Waals surface area contributed by atoms with Crippen LogP contribution in [0.3, 0.4) is 0 Å². The van der Waals surface area contributed by atoms with E-state index >= 15 is 0 Å². The quantitative estimate of drug-likeness (QED) is 0.433. The number of nitro benzene ring substituents is 1. The number of amides is 1. The molecule has 0 aliphatic rings. The number of benzene rings is 1. The fourth-order valence-corrected chi connectivity index (χ4v) is 1.21. The van der Waals surface area contributed by atoms with E-state index in [4.69, 9.17) is 12.2 Å². The van der Waals surface area contributed by atoms with Crippen molar-refractivity contribution in [2.45, 2.75) is 13.3 Å². The van der Waals surface area contributed by atoms with Gasteiger partial charge in [-0.1, -0.05) is 6.92 Å². The van der Waals surface area contributed by atoms with Crippen molar-refractivity contribution in [3.8, 4) is 0 Å². The molecule has 1 aromatic carbocycles. The van der Waals surface area contributed by atoms with Crippen LogP contribution in [0, 0.1) is 10.1 Å². The van der Waals surface area contributed by atoms with Crippen LogP contribution in [0.5, 0.6) is 0 Å². The number of nitrogens with one attached hydrogen (secondary N) is 3. The Bertz CT molecular complexity index is 461. The van der Waals surface area contributed by atoms with Gasteiger partial charge in [0.1, 0.15) is 0 Å². The Morgan fingerprint density at radius 3 is 2.50 bits per heavy atom. The van der Waals surface area contributed by atoms with E-state index in [1.54, 1.807) is 6.92 Å². The van der Waals surface area contributed by atoms with Crippen molar-refractivity contribution in [2.24, 2.45) is 0 Å². The van der Waals surface area contributed by atoms with Crippen molar-refractivity contribution in [3.05, 3.63) is 34.4 Å². The van der Waals surface area contributed by atoms with Crippen molar-refractivity contribution >= 4 is 34.6 Å². The molecule has 0 aromatic heterocycles. The number of carbonyl (C=O) groups excluding carboxylic acids is 1. The SMILES string of the molecule is CCC(=O)NC(=S)NNc1ccc([N+](=O)[O-])cc1. The second-order valence-corrected chi connectivity index (χ2v) is 3.69. The van der Waals surface area contributed by atoms with Gasteiger partial charge in [0.25, 0.3) is 5.69 Å². The number of thiocarbonyl (C=S) groups is 1. The van der Waals surface area contributed by atoms with Crippen LogP contribution < -0.4 is 16.2 Å². The molecule has 7 nitrogen and oxygen atoms in total. The number of nitro groups is 1. The number of hydrazine groups is 1. The zero-order chi connectivity index (χ0) is 13.5. The van der Waals surface area contributed by atoms with Crippen LogP contribution in [-0.4, -0.2) is 15.9 Å². The largest absolute Gasteiger partial charge is 0.302 e. The number of rotatable bonds is 4. The van der Waals surface area contributed by atoms with Crippen molar-refractivity contribution in [2.75, 3.05) is 5.43 Å². The molecule has 0 saturated carbocycles. The minimum absolute atomic E-state index is 0.00223. The molecule has 0 atom stereocenters. The molecule has 1 rings (SSSR count). The predicted molar refractivity (Wildman–Crippen MR) is 70.9 cm³/mol. The Labute approximate surface area is 109 Å². The monoisotopic (exact) mass is 268 g/mol. The third-order valence-corrected chi connectivity index (χ3v) is 2.18. The third-order valence-electron chi connectivity index (χ3n) is 1.97. The summed E-state index contributed by atoms with van der Waals surface area (Å²) in [4.78, 5) is 21.0. The first-order chi connectivity index (χ1) is 8.52. The highest BCUT2D eigenvalue weighted by Gasteiger charge is 2.04. The molecule has 0 radical (unpaired) electrons. The Balaban J connectivity index is 2.46. The average molecular weight is 268 g/mol. The van der Waals surface area contributed by atoms with Gasteiger partial charge in [0.2, 0.25) is 5.91 Å². The Morgan fingerprint density at radius 2 is 2.00 bits per heavy atom. The van der Waals surface area contributed by atoms with Crippen LogP contribution in [0.25, 0.3) is 0 Å². The molecular weight excluding hydrogens is 256 g/mol. The second-order valence-electron chi connectivity index (χ2n) is 3.28. The lowest BCUT2D eigenvalue weighted by atomic mass is 10.3. The summed E-state index contributed by atoms with van der Waals surface area (Å²) in [7, 11) is 0. The highest BCUT2D eigenvalue weighted by Crippen LogP contribution is 2.14. The van der Waals surface area contributed by atoms with Crippen LogP contribution in [0.15, 0.2) is 24.3 Å². The first-order valence-corrected chi connectivity index (χ1v) is 5.54. The minimum Gasteiger partial charge on any atom is -0.302 e. The molecule has 0 aliphatic carbocycles. The van der Waals surface area contributed by atoms with Crippen LogP contribution >= 0.6 is 12.2 Å². The van der Waals surface area contributed by atoms with E-state index < -0.39 is 4.92 Å². The Morgan fingerprint density at radius 1 is 1.39 bits per heavy atom. The minimum atomic E-state index is -0.483. The predicted octanol–water partition coefficient (Wildman–Crippen LogP) is 1.32. The average Bonchev–Trinajstić information content (AvgIpc) is 2.36. The van der Waals surface area contributed by atoms with Crippen molar-refractivity contribution in [1.29, 1.82) is 0 Å². The van der Waals surface area contributed by atoms with Gasteiger partial charge < -0.3 is 5.32 Å². The maximum absolute atomic E-state index is 11.0. The number of non-ortho nitro benzene ring substituents is 1. The third kappa shape index (κ3) is 4.34. The van der Waals surface area contributed by atoms with Crippen molar-refractivity contribution in [3.63, 3.8) is 0 Å². The van der Waals surface area contributed by atoms with E-state index in [9.17, 15) is 14.9 Å². The van der Waals surface area contributed by atoms with E-state index in [0.717, 1.165) is 0 Å². The smallest absolute Gasteiger partial charge is 0.269 e. The summed E-state index contributed by atoms with van der Waals surface area (Å²) in [6.45, 7) is 1.71. The number of anilines is 1. The normalized spacial score (nSPS) is 9.39. The fraction of sp³-hybridized carbons (Fsp3) is 0.200. The number of hydrogen-bond acceptors (Lipinski definition) is 5. The maximum atomic E-state index is 11.0. The van der Waals surface area contributed by atoms with Gasteiger partial charge in [0.15, 0.2) is 5.11 Å². The van der Waals surface area contributed by atoms with Gasteiger partial charge in [0.05, 0.1) is 10.6 Å². The highest BCUT2D eigenvalue weighted by atomic mass is 32.1. The van der Waals surface area contributed by atoms with Gasteiger partial charge in [-0.2, -0.15) is 0 Å². The lowest BCUT2D eigenvalue weighted by molar-refractivity contribution is -0.384. The zero-order valence-corrected chi connectivity index (χ0v) is 10.4. The Hall–Kier alpha value is -2.22. The summed E-state index contributed by atoms with van der Waals surface area (Å²) in [5.41, 5.74) is 5.90. The van der Waals surface area contributed by atoms with E-state index in [1.165, 1.54) is 24.3 Å². The summed E-state index contributed by atoms with van der Waals surface area (Å²) in [5.74, 6) is -0.196. The van der Waals surface area contributed by atoms with Crippen molar-refractivity contribution < 1.29 is 9.72 Å². The van der Waals surface area contributed by atoms with Gasteiger partial charge in [-0.25, -0.2) is 0 Å². The molecule has 0 unspecified atom stereocenters. The van der Waals surface area contributed by atoms with Gasteiger partial charge in [-0.15, -0.1) is 0 Å². The molecule has 18 heavy (non-hydrogen) atoms. The highest BCUT2D eigenvalue weighted by molar-refractivity contribution is 7.80. The molecule has 1 aromatic rings. The number of hydrogen-bond donors (Lipinski definition) is 3. The molecule has 0 saturated heterocycles. The van der Waals surface area contributed by atoms with E-state index in [2.05, 4.69) is 16.2 Å². The molecule has 0 spiro atoms. The summed E-state index contributed by atoms with van der Waals surface area (Å²) >= 11 is 4.85.